The van der Waals surface area contributed by atoms with Crippen LogP contribution in [0.1, 0.15) is 24.1 Å². The van der Waals surface area contributed by atoms with Gasteiger partial charge in [-0.3, -0.25) is 0 Å². The van der Waals surface area contributed by atoms with Gasteiger partial charge in [0, 0.05) is 10.5 Å². The number of benzene rings is 1. The van der Waals surface area contributed by atoms with Crippen molar-refractivity contribution in [2.45, 2.75) is 19.9 Å². The van der Waals surface area contributed by atoms with Gasteiger partial charge in [-0.25, -0.2) is 4.98 Å². The van der Waals surface area contributed by atoms with Crippen molar-refractivity contribution in [3.63, 3.8) is 0 Å². The van der Waals surface area contributed by atoms with Gasteiger partial charge in [0.15, 0.2) is 0 Å². The molecule has 4 heteroatoms. The molecule has 1 atom stereocenters. The second-order valence-electron chi connectivity index (χ2n) is 4.35. The quantitative estimate of drug-likeness (QED) is 0.904. The zero-order valence-electron chi connectivity index (χ0n) is 10.4. The van der Waals surface area contributed by atoms with Crippen molar-refractivity contribution in [2.24, 2.45) is 0 Å². The van der Waals surface area contributed by atoms with E-state index in [9.17, 15) is 0 Å². The third-order valence-electron chi connectivity index (χ3n) is 2.86. The van der Waals surface area contributed by atoms with Crippen molar-refractivity contribution in [3.05, 3.63) is 52.1 Å². The smallest absolute Gasteiger partial charge is 0.126 e. The highest BCUT2D eigenvalue weighted by Crippen LogP contribution is 2.22. The maximum Gasteiger partial charge on any atom is 0.126 e. The van der Waals surface area contributed by atoms with Crippen molar-refractivity contribution >= 4 is 27.4 Å². The number of anilines is 2. The van der Waals surface area contributed by atoms with Crippen molar-refractivity contribution in [2.75, 3.05) is 11.1 Å². The number of rotatable bonds is 3. The van der Waals surface area contributed by atoms with Crippen LogP contribution in [-0.4, -0.2) is 4.98 Å². The van der Waals surface area contributed by atoms with E-state index in [1.165, 1.54) is 5.56 Å². The Morgan fingerprint density at radius 2 is 2.11 bits per heavy atom. The Labute approximate surface area is 116 Å². The molecule has 1 aromatic carbocycles. The van der Waals surface area contributed by atoms with Crippen LogP contribution < -0.4 is 11.1 Å². The fourth-order valence-corrected chi connectivity index (χ4v) is 2.14. The molecule has 0 saturated heterocycles. The number of halogens is 1. The lowest BCUT2D eigenvalue weighted by Crippen LogP contribution is -2.08. The number of aryl methyl sites for hydroxylation is 1. The molecule has 0 aliphatic carbocycles. The van der Waals surface area contributed by atoms with E-state index in [1.807, 2.05) is 25.1 Å². The van der Waals surface area contributed by atoms with Crippen molar-refractivity contribution in [1.29, 1.82) is 0 Å². The minimum absolute atomic E-state index is 0.193. The van der Waals surface area contributed by atoms with Crippen LogP contribution in [0, 0.1) is 6.92 Å². The summed E-state index contributed by atoms with van der Waals surface area (Å²) < 4.78 is 1.08. The number of pyridine rings is 1. The van der Waals surface area contributed by atoms with E-state index < -0.39 is 0 Å². The molecule has 94 valence electrons. The molecule has 1 aromatic heterocycles. The summed E-state index contributed by atoms with van der Waals surface area (Å²) in [5, 5.41) is 3.37. The summed E-state index contributed by atoms with van der Waals surface area (Å²) in [6.07, 6.45) is 1.69. The fourth-order valence-electron chi connectivity index (χ4n) is 1.73. The van der Waals surface area contributed by atoms with Crippen LogP contribution in [0.4, 0.5) is 11.5 Å². The van der Waals surface area contributed by atoms with Crippen molar-refractivity contribution < 1.29 is 0 Å². The number of hydrogen-bond donors (Lipinski definition) is 2. The molecule has 0 fully saturated rings. The second-order valence-corrected chi connectivity index (χ2v) is 5.26. The summed E-state index contributed by atoms with van der Waals surface area (Å²) in [7, 11) is 0. The molecule has 0 radical (unpaired) electrons. The van der Waals surface area contributed by atoms with Gasteiger partial charge in [0.1, 0.15) is 5.82 Å². The molecule has 0 aliphatic heterocycles. The zero-order chi connectivity index (χ0) is 13.1. The number of nitrogen functional groups attached to an aromatic ring is 1. The third-order valence-corrected chi connectivity index (χ3v) is 3.36. The molecular weight excluding hydrogens is 290 g/mol. The monoisotopic (exact) mass is 305 g/mol. The van der Waals surface area contributed by atoms with Crippen LogP contribution in [0.15, 0.2) is 41.0 Å². The number of nitrogens with one attached hydrogen (secondary N) is 1. The van der Waals surface area contributed by atoms with Crippen LogP contribution >= 0.6 is 15.9 Å². The molecule has 18 heavy (non-hydrogen) atoms. The van der Waals surface area contributed by atoms with Crippen LogP contribution in [0.25, 0.3) is 0 Å². The van der Waals surface area contributed by atoms with Crippen LogP contribution in [0.2, 0.25) is 0 Å². The lowest BCUT2D eigenvalue weighted by molar-refractivity contribution is 0.873. The first-order chi connectivity index (χ1) is 8.56. The largest absolute Gasteiger partial charge is 0.397 e. The van der Waals surface area contributed by atoms with Crippen LogP contribution in [0.3, 0.4) is 0 Å². The second kappa shape index (κ2) is 5.40. The third kappa shape index (κ3) is 3.01. The van der Waals surface area contributed by atoms with Gasteiger partial charge in [-0.15, -0.1) is 0 Å². The Balaban J connectivity index is 2.16. The highest BCUT2D eigenvalue weighted by atomic mass is 79.9. The molecule has 1 heterocycles. The SMILES string of the molecule is Cc1cc(NC(C)c2cccc(Br)c2)ncc1N. The maximum absolute atomic E-state index is 5.75. The number of nitrogens with zero attached hydrogens (tertiary/aromatic N) is 1. The number of nitrogens with two attached hydrogens (primary N) is 1. The fraction of sp³-hybridized carbons (Fsp3) is 0.214. The molecule has 0 bridgehead atoms. The minimum atomic E-state index is 0.193. The Hall–Kier alpha value is -1.55. The van der Waals surface area contributed by atoms with Crippen molar-refractivity contribution in [1.82, 2.24) is 4.98 Å². The Morgan fingerprint density at radius 1 is 1.33 bits per heavy atom. The molecule has 3 N–H and O–H groups in total. The molecule has 2 rings (SSSR count). The predicted octanol–water partition coefficient (Wildman–Crippen LogP) is 3.91. The Kier molecular flexibility index (Phi) is 3.87. The zero-order valence-corrected chi connectivity index (χ0v) is 12.0. The van der Waals surface area contributed by atoms with E-state index in [1.54, 1.807) is 6.20 Å². The van der Waals surface area contributed by atoms with E-state index >= 15 is 0 Å². The maximum atomic E-state index is 5.75. The first-order valence-electron chi connectivity index (χ1n) is 5.80. The topological polar surface area (TPSA) is 50.9 Å². The lowest BCUT2D eigenvalue weighted by atomic mass is 10.1. The van der Waals surface area contributed by atoms with Gasteiger partial charge in [-0.2, -0.15) is 0 Å². The van der Waals surface area contributed by atoms with Gasteiger partial charge in [0.25, 0.3) is 0 Å². The molecule has 0 aliphatic rings. The molecular formula is C14H16BrN3. The predicted molar refractivity (Wildman–Crippen MR) is 79.6 cm³/mol. The van der Waals surface area contributed by atoms with Gasteiger partial charge in [-0.1, -0.05) is 28.1 Å². The molecule has 0 spiro atoms. The molecule has 2 aromatic rings. The van der Waals surface area contributed by atoms with Gasteiger partial charge in [-0.05, 0) is 43.2 Å². The van der Waals surface area contributed by atoms with Gasteiger partial charge in [0.05, 0.1) is 11.9 Å². The highest BCUT2D eigenvalue weighted by Gasteiger charge is 2.07. The number of hydrogen-bond acceptors (Lipinski definition) is 3. The van der Waals surface area contributed by atoms with E-state index in [4.69, 9.17) is 5.73 Å². The lowest BCUT2D eigenvalue weighted by Gasteiger charge is -2.16. The Bertz CT molecular complexity index is 554. The molecule has 3 nitrogen and oxygen atoms in total. The van der Waals surface area contributed by atoms with Crippen molar-refractivity contribution in [3.8, 4) is 0 Å². The van der Waals surface area contributed by atoms with E-state index in [-0.39, 0.29) is 6.04 Å². The first kappa shape index (κ1) is 12.9. The summed E-state index contributed by atoms with van der Waals surface area (Å²) in [4.78, 5) is 4.28. The first-order valence-corrected chi connectivity index (χ1v) is 6.59. The van der Waals surface area contributed by atoms with Crippen LogP contribution in [0.5, 0.6) is 0 Å². The molecule has 0 amide bonds. The molecule has 1 unspecified atom stereocenters. The summed E-state index contributed by atoms with van der Waals surface area (Å²) in [5.74, 6) is 0.842. The summed E-state index contributed by atoms with van der Waals surface area (Å²) in [6.45, 7) is 4.08. The van der Waals surface area contributed by atoms with Crippen LogP contribution in [-0.2, 0) is 0 Å². The summed E-state index contributed by atoms with van der Waals surface area (Å²) in [5.41, 5.74) is 8.72. The standard InChI is InChI=1S/C14H16BrN3/c1-9-6-14(17-8-13(9)16)18-10(2)11-4-3-5-12(15)7-11/h3-8,10H,16H2,1-2H3,(H,17,18). The minimum Gasteiger partial charge on any atom is -0.397 e. The van der Waals surface area contributed by atoms with Gasteiger partial charge in [0.2, 0.25) is 0 Å². The van der Waals surface area contributed by atoms with E-state index in [0.717, 1.165) is 21.5 Å². The normalized spacial score (nSPS) is 12.2. The summed E-state index contributed by atoms with van der Waals surface area (Å²) in [6, 6.07) is 10.4. The molecule has 0 saturated carbocycles. The Morgan fingerprint density at radius 3 is 2.78 bits per heavy atom. The van der Waals surface area contributed by atoms with Gasteiger partial charge >= 0.3 is 0 Å². The number of aromatic nitrogens is 1. The average molecular weight is 306 g/mol. The van der Waals surface area contributed by atoms with E-state index in [0.29, 0.717) is 0 Å². The van der Waals surface area contributed by atoms with E-state index in [2.05, 4.69) is 45.3 Å². The summed E-state index contributed by atoms with van der Waals surface area (Å²) >= 11 is 3.48. The highest BCUT2D eigenvalue weighted by molar-refractivity contribution is 9.10. The average Bonchev–Trinajstić information content (AvgIpc) is 2.34. The van der Waals surface area contributed by atoms with Gasteiger partial charge < -0.3 is 11.1 Å².